The third-order valence-electron chi connectivity index (χ3n) is 4.16. The van der Waals surface area contributed by atoms with E-state index in [4.69, 9.17) is 12.2 Å². The lowest BCUT2D eigenvalue weighted by Gasteiger charge is -2.28. The van der Waals surface area contributed by atoms with Gasteiger partial charge in [-0.2, -0.15) is 0 Å². The Morgan fingerprint density at radius 2 is 2.05 bits per heavy atom. The first-order valence-electron chi connectivity index (χ1n) is 7.23. The number of hydrogen-bond acceptors (Lipinski definition) is 3. The van der Waals surface area contributed by atoms with E-state index >= 15 is 0 Å². The van der Waals surface area contributed by atoms with Crippen molar-refractivity contribution < 1.29 is 0 Å². The summed E-state index contributed by atoms with van der Waals surface area (Å²) < 4.78 is 2.69. The normalized spacial score (nSPS) is 22.4. The van der Waals surface area contributed by atoms with Gasteiger partial charge in [-0.1, -0.05) is 25.1 Å². The minimum Gasteiger partial charge on any atom is -0.335 e. The van der Waals surface area contributed by atoms with E-state index in [1.807, 2.05) is 22.8 Å². The molecule has 1 fully saturated rings. The molecule has 2 unspecified atom stereocenters. The highest BCUT2D eigenvalue weighted by atomic mass is 32.1. The largest absolute Gasteiger partial charge is 0.335 e. The zero-order chi connectivity index (χ0) is 14.1. The van der Waals surface area contributed by atoms with Crippen LogP contribution in [-0.4, -0.2) is 26.8 Å². The van der Waals surface area contributed by atoms with E-state index < -0.39 is 0 Å². The zero-order valence-corrected chi connectivity index (χ0v) is 12.7. The molecule has 1 aliphatic rings. The van der Waals surface area contributed by atoms with Gasteiger partial charge < -0.3 is 4.90 Å². The highest BCUT2D eigenvalue weighted by Gasteiger charge is 2.32. The summed E-state index contributed by atoms with van der Waals surface area (Å²) in [7, 11) is 0. The van der Waals surface area contributed by atoms with E-state index in [-0.39, 0.29) is 0 Å². The smallest absolute Gasteiger partial charge is 0.230 e. The van der Waals surface area contributed by atoms with Gasteiger partial charge in [0.2, 0.25) is 10.7 Å². The summed E-state index contributed by atoms with van der Waals surface area (Å²) in [5.41, 5.74) is 1.07. The number of nitrogens with zero attached hydrogens (tertiary/aromatic N) is 3. The Balaban J connectivity index is 2.10. The molecule has 5 heteroatoms. The van der Waals surface area contributed by atoms with Gasteiger partial charge in [-0.25, -0.2) is 5.10 Å². The molecule has 1 aromatic carbocycles. The molecule has 0 spiro atoms. The highest BCUT2D eigenvalue weighted by molar-refractivity contribution is 7.71. The summed E-state index contributed by atoms with van der Waals surface area (Å²) in [6, 6.07) is 11.3. The van der Waals surface area contributed by atoms with Crippen molar-refractivity contribution in [2.24, 2.45) is 0 Å². The minimum absolute atomic E-state index is 0.507. The van der Waals surface area contributed by atoms with Crippen LogP contribution in [-0.2, 0) is 0 Å². The lowest BCUT2D eigenvalue weighted by molar-refractivity contribution is 0.608. The Morgan fingerprint density at radius 1 is 1.30 bits per heavy atom. The molecule has 1 saturated heterocycles. The molecule has 0 radical (unpaired) electrons. The Labute approximate surface area is 124 Å². The van der Waals surface area contributed by atoms with E-state index in [1.54, 1.807) is 0 Å². The second-order valence-corrected chi connectivity index (χ2v) is 5.78. The SMILES string of the molecule is CCC1CCC(C)N1c1n[nH]c(=S)n1-c1ccccc1. The van der Waals surface area contributed by atoms with E-state index in [9.17, 15) is 0 Å². The standard InChI is InChI=1S/C15H20N4S/c1-3-12-10-9-11(2)18(12)14-16-17-15(20)19(14)13-7-5-4-6-8-13/h4-8,11-12H,3,9-10H2,1-2H3,(H,17,20). The fraction of sp³-hybridized carbons (Fsp3) is 0.467. The Hall–Kier alpha value is -1.62. The molecule has 3 rings (SSSR count). The Kier molecular flexibility index (Phi) is 3.61. The number of benzene rings is 1. The van der Waals surface area contributed by atoms with Crippen LogP contribution in [0.25, 0.3) is 5.69 Å². The first-order chi connectivity index (χ1) is 9.72. The molecular formula is C15H20N4S. The van der Waals surface area contributed by atoms with Gasteiger partial charge in [-0.3, -0.25) is 4.57 Å². The van der Waals surface area contributed by atoms with Crippen LogP contribution >= 0.6 is 12.2 Å². The predicted octanol–water partition coefficient (Wildman–Crippen LogP) is 3.70. The number of aromatic amines is 1. The Bertz CT molecular complexity index is 631. The van der Waals surface area contributed by atoms with Crippen LogP contribution in [0.3, 0.4) is 0 Å². The summed E-state index contributed by atoms with van der Waals surface area (Å²) in [4.78, 5) is 2.42. The summed E-state index contributed by atoms with van der Waals surface area (Å²) in [5, 5.41) is 7.45. The quantitative estimate of drug-likeness (QED) is 0.875. The van der Waals surface area contributed by atoms with Crippen molar-refractivity contribution >= 4 is 18.2 Å². The molecule has 2 atom stereocenters. The topological polar surface area (TPSA) is 36.9 Å². The third-order valence-corrected chi connectivity index (χ3v) is 4.43. The van der Waals surface area contributed by atoms with Crippen LogP contribution in [0.5, 0.6) is 0 Å². The van der Waals surface area contributed by atoms with Crippen molar-refractivity contribution in [1.29, 1.82) is 0 Å². The van der Waals surface area contributed by atoms with Gasteiger partial charge in [0.05, 0.1) is 5.69 Å². The summed E-state index contributed by atoms with van der Waals surface area (Å²) in [6.07, 6.45) is 3.58. The number of anilines is 1. The van der Waals surface area contributed by atoms with E-state index in [2.05, 4.69) is 41.1 Å². The predicted molar refractivity (Wildman–Crippen MR) is 84.0 cm³/mol. The fourth-order valence-electron chi connectivity index (χ4n) is 3.10. The first-order valence-corrected chi connectivity index (χ1v) is 7.64. The number of rotatable bonds is 3. The zero-order valence-electron chi connectivity index (χ0n) is 11.9. The van der Waals surface area contributed by atoms with Gasteiger partial charge in [0, 0.05) is 12.1 Å². The lowest BCUT2D eigenvalue weighted by atomic mass is 10.2. The highest BCUT2D eigenvalue weighted by Crippen LogP contribution is 2.32. The molecule has 2 heterocycles. The van der Waals surface area contributed by atoms with Crippen molar-refractivity contribution in [2.45, 2.75) is 45.2 Å². The maximum absolute atomic E-state index is 5.42. The van der Waals surface area contributed by atoms with Crippen LogP contribution in [0.4, 0.5) is 5.95 Å². The van der Waals surface area contributed by atoms with Gasteiger partial charge in [-0.05, 0) is 50.5 Å². The molecule has 0 amide bonds. The molecule has 1 aliphatic heterocycles. The summed E-state index contributed by atoms with van der Waals surface area (Å²) in [5.74, 6) is 0.943. The van der Waals surface area contributed by atoms with E-state index in [0.29, 0.717) is 16.9 Å². The Morgan fingerprint density at radius 3 is 2.75 bits per heavy atom. The second-order valence-electron chi connectivity index (χ2n) is 5.40. The molecule has 106 valence electrons. The second kappa shape index (κ2) is 5.40. The monoisotopic (exact) mass is 288 g/mol. The van der Waals surface area contributed by atoms with Crippen molar-refractivity contribution in [1.82, 2.24) is 14.8 Å². The minimum atomic E-state index is 0.507. The number of hydrogen-bond donors (Lipinski definition) is 1. The van der Waals surface area contributed by atoms with E-state index in [1.165, 1.54) is 12.8 Å². The molecular weight excluding hydrogens is 268 g/mol. The summed E-state index contributed by atoms with van der Waals surface area (Å²) >= 11 is 5.42. The van der Waals surface area contributed by atoms with Gasteiger partial charge in [0.1, 0.15) is 0 Å². The molecule has 2 aromatic rings. The molecule has 1 aromatic heterocycles. The van der Waals surface area contributed by atoms with Crippen LogP contribution in [0, 0.1) is 4.77 Å². The molecule has 20 heavy (non-hydrogen) atoms. The van der Waals surface area contributed by atoms with Gasteiger partial charge in [0.25, 0.3) is 0 Å². The third kappa shape index (κ3) is 2.16. The molecule has 0 bridgehead atoms. The summed E-state index contributed by atoms with van der Waals surface area (Å²) in [6.45, 7) is 4.51. The van der Waals surface area contributed by atoms with Gasteiger partial charge in [-0.15, -0.1) is 5.10 Å². The molecule has 1 N–H and O–H groups in total. The molecule has 4 nitrogen and oxygen atoms in total. The fourth-order valence-corrected chi connectivity index (χ4v) is 3.34. The van der Waals surface area contributed by atoms with Crippen LogP contribution in [0.1, 0.15) is 33.1 Å². The number of nitrogens with one attached hydrogen (secondary N) is 1. The maximum atomic E-state index is 5.42. The van der Waals surface area contributed by atoms with E-state index in [0.717, 1.165) is 18.1 Å². The van der Waals surface area contributed by atoms with Crippen molar-refractivity contribution in [3.8, 4) is 5.69 Å². The average molecular weight is 288 g/mol. The molecule has 0 aliphatic carbocycles. The lowest BCUT2D eigenvalue weighted by Crippen LogP contribution is -2.36. The van der Waals surface area contributed by atoms with Crippen molar-refractivity contribution in [3.63, 3.8) is 0 Å². The average Bonchev–Trinajstić information content (AvgIpc) is 3.02. The van der Waals surface area contributed by atoms with Crippen molar-refractivity contribution in [2.75, 3.05) is 4.90 Å². The first kappa shape index (κ1) is 13.4. The number of para-hydroxylation sites is 1. The van der Waals surface area contributed by atoms with Crippen LogP contribution < -0.4 is 4.90 Å². The van der Waals surface area contributed by atoms with Crippen molar-refractivity contribution in [3.05, 3.63) is 35.1 Å². The van der Waals surface area contributed by atoms with Crippen LogP contribution in [0.15, 0.2) is 30.3 Å². The van der Waals surface area contributed by atoms with Gasteiger partial charge in [0.15, 0.2) is 0 Å². The van der Waals surface area contributed by atoms with Gasteiger partial charge >= 0.3 is 0 Å². The van der Waals surface area contributed by atoms with Crippen LogP contribution in [0.2, 0.25) is 0 Å². The molecule has 0 saturated carbocycles. The maximum Gasteiger partial charge on any atom is 0.230 e. The number of H-pyrrole nitrogens is 1. The number of aromatic nitrogens is 3.